The minimum Gasteiger partial charge on any atom is -0.478 e. The summed E-state index contributed by atoms with van der Waals surface area (Å²) in [6.07, 6.45) is 1.83. The fourth-order valence-electron chi connectivity index (χ4n) is 2.57. The van der Waals surface area contributed by atoms with Crippen molar-refractivity contribution in [2.45, 2.75) is 24.3 Å². The molecule has 3 aromatic rings. The number of H-pyrrole nitrogens is 1. The molecule has 0 atom stereocenters. The number of amides is 1. The Morgan fingerprint density at radius 1 is 1.15 bits per heavy atom. The van der Waals surface area contributed by atoms with Crippen LogP contribution in [0.3, 0.4) is 0 Å². The summed E-state index contributed by atoms with van der Waals surface area (Å²) in [5, 5.41) is 3.80. The van der Waals surface area contributed by atoms with Gasteiger partial charge < -0.3 is 15.0 Å². The van der Waals surface area contributed by atoms with E-state index >= 15 is 0 Å². The molecule has 0 aliphatic carbocycles. The molecule has 2 aromatic carbocycles. The zero-order chi connectivity index (χ0) is 19.4. The van der Waals surface area contributed by atoms with Crippen molar-refractivity contribution in [3.8, 4) is 5.75 Å². The summed E-state index contributed by atoms with van der Waals surface area (Å²) in [5.41, 5.74) is -0.337. The van der Waals surface area contributed by atoms with Crippen molar-refractivity contribution in [3.63, 3.8) is 0 Å². The number of hydrogen-bond donors (Lipinski definition) is 2. The molecule has 0 fully saturated rings. The minimum atomic E-state index is -1.08. The number of fused-ring (bicyclic) bond motifs is 1. The Balaban J connectivity index is 1.50. The average Bonchev–Trinajstić information content (AvgIpc) is 3.02. The molecule has 0 aliphatic rings. The first-order valence-electron chi connectivity index (χ1n) is 8.47. The summed E-state index contributed by atoms with van der Waals surface area (Å²) in [6, 6.07) is 10.2. The molecule has 7 heteroatoms. The number of hydrogen-bond acceptors (Lipinski definition) is 3. The van der Waals surface area contributed by atoms with Crippen molar-refractivity contribution in [3.05, 3.63) is 60.3 Å². The normalized spacial score (nSPS) is 11.6. The van der Waals surface area contributed by atoms with Gasteiger partial charge >= 0.3 is 0 Å². The van der Waals surface area contributed by atoms with E-state index in [1.54, 1.807) is 31.7 Å². The van der Waals surface area contributed by atoms with E-state index in [2.05, 4.69) is 10.3 Å². The first kappa shape index (κ1) is 19.2. The van der Waals surface area contributed by atoms with Crippen molar-refractivity contribution in [2.75, 3.05) is 12.3 Å². The molecule has 0 saturated heterocycles. The maximum absolute atomic E-state index is 13.2. The predicted molar refractivity (Wildman–Crippen MR) is 103 cm³/mol. The second-order valence-corrected chi connectivity index (χ2v) is 7.65. The monoisotopic (exact) mass is 390 g/mol. The third-order valence-corrected chi connectivity index (χ3v) is 5.04. The zero-order valence-corrected chi connectivity index (χ0v) is 15.8. The van der Waals surface area contributed by atoms with Crippen molar-refractivity contribution in [1.29, 1.82) is 0 Å². The van der Waals surface area contributed by atoms with E-state index in [1.807, 2.05) is 6.20 Å². The maximum atomic E-state index is 13.2. The number of carbonyl (C=O) groups excluding carboxylic acids is 1. The largest absolute Gasteiger partial charge is 0.478 e. The molecule has 3 rings (SSSR count). The molecule has 27 heavy (non-hydrogen) atoms. The fraction of sp³-hybridized carbons (Fsp3) is 0.250. The van der Waals surface area contributed by atoms with Crippen molar-refractivity contribution in [1.82, 2.24) is 10.3 Å². The number of aromatic nitrogens is 1. The van der Waals surface area contributed by atoms with Crippen LogP contribution in [-0.2, 0) is 4.79 Å². The molecule has 0 saturated carbocycles. The van der Waals surface area contributed by atoms with E-state index < -0.39 is 5.60 Å². The Morgan fingerprint density at radius 3 is 2.59 bits per heavy atom. The SMILES string of the molecule is CC(C)(Oc1ccc(F)cc1)C(=O)NCCSc1c[nH]c2cc(F)ccc12. The highest BCUT2D eigenvalue weighted by Crippen LogP contribution is 2.28. The standard InChI is InChI=1S/C20H20F2N2O2S/c1-20(2,26-15-6-3-13(21)4-7-15)19(25)23-9-10-27-18-12-24-17-11-14(22)5-8-16(17)18/h3-8,11-12,24H,9-10H2,1-2H3,(H,23,25). The van der Waals surface area contributed by atoms with Crippen LogP contribution in [0.1, 0.15) is 13.8 Å². The molecule has 0 unspecified atom stereocenters. The van der Waals surface area contributed by atoms with Crippen molar-refractivity contribution in [2.24, 2.45) is 0 Å². The Kier molecular flexibility index (Phi) is 5.70. The molecule has 4 nitrogen and oxygen atoms in total. The first-order valence-corrected chi connectivity index (χ1v) is 9.46. The molecule has 1 heterocycles. The predicted octanol–water partition coefficient (Wildman–Crippen LogP) is 4.51. The Morgan fingerprint density at radius 2 is 1.85 bits per heavy atom. The number of benzene rings is 2. The van der Waals surface area contributed by atoms with Crippen LogP contribution in [0.25, 0.3) is 10.9 Å². The van der Waals surface area contributed by atoms with Gasteiger partial charge in [-0.3, -0.25) is 4.79 Å². The molecular formula is C20H20F2N2O2S. The molecule has 0 spiro atoms. The van der Waals surface area contributed by atoms with Gasteiger partial charge in [-0.25, -0.2) is 8.78 Å². The van der Waals surface area contributed by atoms with E-state index in [0.29, 0.717) is 18.0 Å². The number of halogens is 2. The van der Waals surface area contributed by atoms with Crippen LogP contribution in [0, 0.1) is 11.6 Å². The van der Waals surface area contributed by atoms with Crippen LogP contribution in [0.5, 0.6) is 5.75 Å². The van der Waals surface area contributed by atoms with Gasteiger partial charge in [0.25, 0.3) is 5.91 Å². The molecule has 1 aromatic heterocycles. The second kappa shape index (κ2) is 8.00. The molecule has 0 bridgehead atoms. The van der Waals surface area contributed by atoms with Crippen molar-refractivity contribution >= 4 is 28.6 Å². The minimum absolute atomic E-state index is 0.256. The summed E-state index contributed by atoms with van der Waals surface area (Å²) in [7, 11) is 0. The lowest BCUT2D eigenvalue weighted by Crippen LogP contribution is -2.47. The Bertz CT molecular complexity index is 939. The molecule has 142 valence electrons. The van der Waals surface area contributed by atoms with Crippen LogP contribution in [0.2, 0.25) is 0 Å². The topological polar surface area (TPSA) is 54.1 Å². The number of ether oxygens (including phenoxy) is 1. The van der Waals surface area contributed by atoms with Crippen LogP contribution in [-0.4, -0.2) is 28.8 Å². The van der Waals surface area contributed by atoms with Crippen LogP contribution >= 0.6 is 11.8 Å². The Hall–Kier alpha value is -2.54. The summed E-state index contributed by atoms with van der Waals surface area (Å²) in [5.74, 6) is 0.187. The molecule has 2 N–H and O–H groups in total. The molecule has 1 amide bonds. The first-order chi connectivity index (χ1) is 12.8. The number of carbonyl (C=O) groups is 1. The third kappa shape index (κ3) is 4.80. The summed E-state index contributed by atoms with van der Waals surface area (Å²) >= 11 is 1.57. The number of aromatic amines is 1. The quantitative estimate of drug-likeness (QED) is 0.461. The summed E-state index contributed by atoms with van der Waals surface area (Å²) < 4.78 is 31.8. The highest BCUT2D eigenvalue weighted by atomic mass is 32.2. The summed E-state index contributed by atoms with van der Waals surface area (Å²) in [6.45, 7) is 3.77. The third-order valence-electron chi connectivity index (χ3n) is 3.98. The van der Waals surface area contributed by atoms with Gasteiger partial charge in [-0.05, 0) is 56.3 Å². The number of nitrogens with one attached hydrogen (secondary N) is 2. The van der Waals surface area contributed by atoms with Gasteiger partial charge in [-0.1, -0.05) is 0 Å². The van der Waals surface area contributed by atoms with Crippen molar-refractivity contribution < 1.29 is 18.3 Å². The highest BCUT2D eigenvalue weighted by Gasteiger charge is 2.29. The van der Waals surface area contributed by atoms with Crippen LogP contribution in [0.15, 0.2) is 53.6 Å². The van der Waals surface area contributed by atoms with E-state index in [0.717, 1.165) is 15.8 Å². The average molecular weight is 390 g/mol. The lowest BCUT2D eigenvalue weighted by atomic mass is 10.1. The lowest BCUT2D eigenvalue weighted by molar-refractivity contribution is -0.134. The smallest absolute Gasteiger partial charge is 0.263 e. The molecule has 0 radical (unpaired) electrons. The van der Waals surface area contributed by atoms with E-state index in [1.165, 1.54) is 36.4 Å². The second-order valence-electron chi connectivity index (χ2n) is 6.51. The van der Waals surface area contributed by atoms with Crippen LogP contribution in [0.4, 0.5) is 8.78 Å². The van der Waals surface area contributed by atoms with Gasteiger partial charge in [0.2, 0.25) is 0 Å². The van der Waals surface area contributed by atoms with Crippen LogP contribution < -0.4 is 10.1 Å². The van der Waals surface area contributed by atoms with Gasteiger partial charge in [0.05, 0.1) is 0 Å². The van der Waals surface area contributed by atoms with Gasteiger partial charge in [0.1, 0.15) is 17.4 Å². The lowest BCUT2D eigenvalue weighted by Gasteiger charge is -2.25. The van der Waals surface area contributed by atoms with Gasteiger partial charge in [-0.15, -0.1) is 11.8 Å². The summed E-state index contributed by atoms with van der Waals surface area (Å²) in [4.78, 5) is 16.4. The zero-order valence-electron chi connectivity index (χ0n) is 15.0. The molecule has 0 aliphatic heterocycles. The van der Waals surface area contributed by atoms with E-state index in [9.17, 15) is 13.6 Å². The molecular weight excluding hydrogens is 370 g/mol. The fourth-order valence-corrected chi connectivity index (χ4v) is 3.47. The van der Waals surface area contributed by atoms with Gasteiger partial charge in [-0.2, -0.15) is 0 Å². The number of thioether (sulfide) groups is 1. The van der Waals surface area contributed by atoms with Gasteiger partial charge in [0.15, 0.2) is 5.60 Å². The number of rotatable bonds is 7. The Labute approximate surface area is 160 Å². The van der Waals surface area contributed by atoms with E-state index in [-0.39, 0.29) is 17.5 Å². The maximum Gasteiger partial charge on any atom is 0.263 e. The van der Waals surface area contributed by atoms with Gasteiger partial charge in [0, 0.05) is 34.3 Å². The highest BCUT2D eigenvalue weighted by molar-refractivity contribution is 7.99. The van der Waals surface area contributed by atoms with E-state index in [4.69, 9.17) is 4.74 Å².